The maximum atomic E-state index is 15.2. The summed E-state index contributed by atoms with van der Waals surface area (Å²) in [4.78, 5) is 0. The molecule has 3 atom stereocenters. The van der Waals surface area contributed by atoms with Crippen molar-refractivity contribution in [3.05, 3.63) is 124 Å². The molecule has 0 bridgehead atoms. The fourth-order valence-electron chi connectivity index (χ4n) is 4.64. The minimum Gasteiger partial charge on any atom is -0.461 e. The van der Waals surface area contributed by atoms with Gasteiger partial charge in [0.25, 0.3) is 0 Å². The fraction of sp³-hybridized carbons (Fsp3) is 0.312. The number of hydrogen-bond acceptors (Lipinski definition) is 2. The zero-order valence-electron chi connectivity index (χ0n) is 21.0. The number of halogens is 2. The number of aryl methyl sites for hydroxylation is 1. The van der Waals surface area contributed by atoms with Crippen LogP contribution in [0.4, 0.5) is 8.78 Å². The van der Waals surface area contributed by atoms with Gasteiger partial charge in [0, 0.05) is 11.1 Å². The van der Waals surface area contributed by atoms with Gasteiger partial charge in [0.2, 0.25) is 6.29 Å². The van der Waals surface area contributed by atoms with Crippen LogP contribution in [0.25, 0.3) is 0 Å². The van der Waals surface area contributed by atoms with Crippen LogP contribution in [-0.2, 0) is 12.8 Å². The number of rotatable bonds is 10. The summed E-state index contributed by atoms with van der Waals surface area (Å²) in [6.07, 6.45) is 8.61. The third-order valence-corrected chi connectivity index (χ3v) is 6.79. The molecular weight excluding hydrogens is 454 g/mol. The number of aliphatic hydroxyl groups is 1. The molecule has 2 unspecified atom stereocenters. The second-order valence-corrected chi connectivity index (χ2v) is 9.56. The standard InChI is InChI=1S/C32H34F2O2/c1-3-7-23-12-17-28(18-13-23)36-32(35)27-16-19-29(30(33)21-27)31(34)26-14-10-24(11-15-26)20-22(2)25-8-5-4-6-9-25/h4-5,8,10-19,21-22,31-32,35H,3,6-7,9,20H2,1-2H3/t22-,31?,32?/m0/s1. The molecule has 1 N–H and O–H groups in total. The predicted octanol–water partition coefficient (Wildman–Crippen LogP) is 8.36. The Morgan fingerprint density at radius 3 is 2.28 bits per heavy atom. The Hall–Kier alpha value is -3.24. The number of alkyl halides is 1. The number of hydrogen-bond donors (Lipinski definition) is 1. The van der Waals surface area contributed by atoms with Crippen LogP contribution in [0.15, 0.2) is 90.5 Å². The van der Waals surface area contributed by atoms with Crippen molar-refractivity contribution >= 4 is 0 Å². The van der Waals surface area contributed by atoms with Crippen LogP contribution in [-0.4, -0.2) is 5.11 Å². The van der Waals surface area contributed by atoms with Crippen molar-refractivity contribution < 1.29 is 18.6 Å². The van der Waals surface area contributed by atoms with Gasteiger partial charge in [-0.15, -0.1) is 0 Å². The molecule has 0 aliphatic heterocycles. The van der Waals surface area contributed by atoms with Gasteiger partial charge in [-0.05, 0) is 66.5 Å². The molecule has 2 nitrogen and oxygen atoms in total. The summed E-state index contributed by atoms with van der Waals surface area (Å²) in [6.45, 7) is 4.33. The summed E-state index contributed by atoms with van der Waals surface area (Å²) in [6, 6.07) is 18.8. The minimum absolute atomic E-state index is 0.0601. The van der Waals surface area contributed by atoms with E-state index in [4.69, 9.17) is 4.74 Å². The zero-order valence-corrected chi connectivity index (χ0v) is 21.0. The smallest absolute Gasteiger partial charge is 0.224 e. The molecule has 0 radical (unpaired) electrons. The van der Waals surface area contributed by atoms with Gasteiger partial charge >= 0.3 is 0 Å². The van der Waals surface area contributed by atoms with Gasteiger partial charge in [0.1, 0.15) is 11.6 Å². The summed E-state index contributed by atoms with van der Waals surface area (Å²) >= 11 is 0. The van der Waals surface area contributed by atoms with Crippen molar-refractivity contribution in [2.75, 3.05) is 0 Å². The molecular formula is C32H34F2O2. The monoisotopic (exact) mass is 488 g/mol. The molecule has 0 fully saturated rings. The third kappa shape index (κ3) is 6.50. The summed E-state index contributed by atoms with van der Waals surface area (Å²) in [5, 5.41) is 10.4. The lowest BCUT2D eigenvalue weighted by Crippen LogP contribution is -2.08. The molecule has 0 heterocycles. The van der Waals surface area contributed by atoms with Gasteiger partial charge in [-0.2, -0.15) is 0 Å². The first-order chi connectivity index (χ1) is 17.4. The molecule has 188 valence electrons. The largest absolute Gasteiger partial charge is 0.461 e. The van der Waals surface area contributed by atoms with Crippen LogP contribution < -0.4 is 4.74 Å². The highest BCUT2D eigenvalue weighted by Crippen LogP contribution is 2.31. The summed E-state index contributed by atoms with van der Waals surface area (Å²) < 4.78 is 35.7. The quantitative estimate of drug-likeness (QED) is 0.291. The van der Waals surface area contributed by atoms with Crippen molar-refractivity contribution in [3.63, 3.8) is 0 Å². The van der Waals surface area contributed by atoms with Gasteiger partial charge in [-0.1, -0.05) is 92.6 Å². The van der Waals surface area contributed by atoms with E-state index < -0.39 is 18.3 Å². The average molecular weight is 489 g/mol. The minimum atomic E-state index is -1.60. The van der Waals surface area contributed by atoms with Gasteiger partial charge in [-0.3, -0.25) is 0 Å². The maximum absolute atomic E-state index is 15.2. The Labute approximate surface area is 213 Å². The molecule has 0 saturated heterocycles. The Morgan fingerprint density at radius 2 is 1.64 bits per heavy atom. The number of benzene rings is 3. The zero-order chi connectivity index (χ0) is 25.5. The van der Waals surface area contributed by atoms with E-state index in [1.54, 1.807) is 24.3 Å². The van der Waals surface area contributed by atoms with Gasteiger partial charge in [0.05, 0.1) is 0 Å². The van der Waals surface area contributed by atoms with E-state index in [0.717, 1.165) is 43.7 Å². The molecule has 4 heteroatoms. The van der Waals surface area contributed by atoms with Crippen LogP contribution in [0.3, 0.4) is 0 Å². The Bertz CT molecular complexity index is 1200. The Morgan fingerprint density at radius 1 is 0.944 bits per heavy atom. The average Bonchev–Trinajstić information content (AvgIpc) is 2.90. The number of aliphatic hydroxyl groups excluding tert-OH is 1. The van der Waals surface area contributed by atoms with E-state index >= 15 is 4.39 Å². The van der Waals surface area contributed by atoms with E-state index in [-0.39, 0.29) is 11.1 Å². The lowest BCUT2D eigenvalue weighted by Gasteiger charge is -2.18. The first-order valence-electron chi connectivity index (χ1n) is 12.8. The van der Waals surface area contributed by atoms with Crippen molar-refractivity contribution in [1.29, 1.82) is 0 Å². The predicted molar refractivity (Wildman–Crippen MR) is 141 cm³/mol. The van der Waals surface area contributed by atoms with E-state index in [1.165, 1.54) is 23.3 Å². The molecule has 36 heavy (non-hydrogen) atoms. The Kier molecular flexibility index (Phi) is 8.71. The van der Waals surface area contributed by atoms with E-state index in [9.17, 15) is 9.50 Å². The first kappa shape index (κ1) is 25.8. The molecule has 3 aromatic rings. The molecule has 0 saturated carbocycles. The third-order valence-electron chi connectivity index (χ3n) is 6.79. The van der Waals surface area contributed by atoms with E-state index in [1.807, 2.05) is 24.3 Å². The molecule has 3 aromatic carbocycles. The van der Waals surface area contributed by atoms with Crippen molar-refractivity contribution in [2.45, 2.75) is 58.4 Å². The second-order valence-electron chi connectivity index (χ2n) is 9.56. The van der Waals surface area contributed by atoms with Gasteiger partial charge in [-0.25, -0.2) is 8.78 Å². The molecule has 1 aliphatic rings. The highest BCUT2D eigenvalue weighted by atomic mass is 19.1. The van der Waals surface area contributed by atoms with Crippen molar-refractivity contribution in [2.24, 2.45) is 5.92 Å². The lowest BCUT2D eigenvalue weighted by atomic mass is 9.88. The molecule has 0 spiro atoms. The first-order valence-corrected chi connectivity index (χ1v) is 12.8. The van der Waals surface area contributed by atoms with Crippen LogP contribution in [0, 0.1) is 11.7 Å². The molecule has 4 rings (SSSR count). The summed E-state index contributed by atoms with van der Waals surface area (Å²) in [7, 11) is 0. The maximum Gasteiger partial charge on any atom is 0.224 e. The van der Waals surface area contributed by atoms with Crippen LogP contribution >= 0.6 is 0 Å². The van der Waals surface area contributed by atoms with Crippen LogP contribution in [0.2, 0.25) is 0 Å². The van der Waals surface area contributed by atoms with E-state index in [2.05, 4.69) is 32.1 Å². The SMILES string of the molecule is CCCc1ccc(OC(O)c2ccc(C(F)c3ccc(C[C@H](C)C4=CC=CCC4)cc3)c(F)c2)cc1. The van der Waals surface area contributed by atoms with Crippen molar-refractivity contribution in [1.82, 2.24) is 0 Å². The van der Waals surface area contributed by atoms with E-state index in [0.29, 0.717) is 17.2 Å². The van der Waals surface area contributed by atoms with Crippen LogP contribution in [0.1, 0.15) is 73.4 Å². The lowest BCUT2D eigenvalue weighted by molar-refractivity contribution is -0.0197. The fourth-order valence-corrected chi connectivity index (χ4v) is 4.64. The number of ether oxygens (including phenoxy) is 1. The molecule has 0 aromatic heterocycles. The summed E-state index contributed by atoms with van der Waals surface area (Å²) in [5.41, 5.74) is 4.33. The van der Waals surface area contributed by atoms with Crippen molar-refractivity contribution in [3.8, 4) is 5.75 Å². The van der Waals surface area contributed by atoms with Gasteiger partial charge < -0.3 is 9.84 Å². The Balaban J connectivity index is 1.39. The van der Waals surface area contributed by atoms with Crippen LogP contribution in [0.5, 0.6) is 5.75 Å². The summed E-state index contributed by atoms with van der Waals surface area (Å²) in [5.74, 6) is 0.201. The molecule has 0 amide bonds. The highest BCUT2D eigenvalue weighted by Gasteiger charge is 2.20. The topological polar surface area (TPSA) is 29.5 Å². The van der Waals surface area contributed by atoms with Gasteiger partial charge in [0.15, 0.2) is 6.17 Å². The normalized spacial score (nSPS) is 15.8. The highest BCUT2D eigenvalue weighted by molar-refractivity contribution is 5.36. The second kappa shape index (κ2) is 12.1. The molecule has 1 aliphatic carbocycles. The number of allylic oxidation sites excluding steroid dienone is 4.